The Morgan fingerprint density at radius 3 is 2.00 bits per heavy atom. The Balaban J connectivity index is 3.18. The van der Waals surface area contributed by atoms with Crippen molar-refractivity contribution in [3.63, 3.8) is 0 Å². The van der Waals surface area contributed by atoms with Crippen molar-refractivity contribution in [2.45, 2.75) is 26.4 Å². The van der Waals surface area contributed by atoms with E-state index >= 15 is 0 Å². The summed E-state index contributed by atoms with van der Waals surface area (Å²) in [6, 6.07) is 2.43. The first-order valence-corrected chi connectivity index (χ1v) is 5.29. The van der Waals surface area contributed by atoms with Crippen LogP contribution in [0.15, 0.2) is 12.1 Å². The van der Waals surface area contributed by atoms with Crippen LogP contribution >= 0.6 is 23.2 Å². The molecule has 88 valence electrons. The van der Waals surface area contributed by atoms with Crippen LogP contribution in [-0.4, -0.2) is 10.5 Å². The summed E-state index contributed by atoms with van der Waals surface area (Å²) < 4.78 is 5.51. The fourth-order valence-electron chi connectivity index (χ4n) is 1.06. The van der Waals surface area contributed by atoms with E-state index in [-0.39, 0.29) is 21.5 Å². The molecule has 0 atom stereocenters. The molecule has 0 saturated carbocycles. The second-order valence-corrected chi connectivity index (χ2v) is 5.02. The highest BCUT2D eigenvalue weighted by Crippen LogP contribution is 2.38. The van der Waals surface area contributed by atoms with Crippen molar-refractivity contribution in [2.24, 2.45) is 0 Å². The van der Waals surface area contributed by atoms with E-state index in [0.717, 1.165) is 0 Å². The molecule has 6 heteroatoms. The second-order valence-electron chi connectivity index (χ2n) is 4.21. The first-order valence-electron chi connectivity index (χ1n) is 4.53. The van der Waals surface area contributed by atoms with Gasteiger partial charge in [-0.3, -0.25) is 10.1 Å². The number of nitrogens with zero attached hydrogens (tertiary/aromatic N) is 1. The molecule has 0 unspecified atom stereocenters. The number of hydrogen-bond acceptors (Lipinski definition) is 3. The summed E-state index contributed by atoms with van der Waals surface area (Å²) in [5, 5.41) is 10.8. The predicted octanol–water partition coefficient (Wildman–Crippen LogP) is 4.08. The number of nitro groups is 1. The summed E-state index contributed by atoms with van der Waals surface area (Å²) in [6.45, 7) is 5.50. The van der Waals surface area contributed by atoms with Crippen LogP contribution in [0.4, 0.5) is 5.69 Å². The minimum absolute atomic E-state index is 0.133. The largest absolute Gasteiger partial charge is 0.485 e. The number of hydrogen-bond donors (Lipinski definition) is 0. The van der Waals surface area contributed by atoms with Crippen LogP contribution < -0.4 is 4.74 Å². The van der Waals surface area contributed by atoms with Gasteiger partial charge in [-0.1, -0.05) is 23.2 Å². The Kier molecular flexibility index (Phi) is 3.65. The van der Waals surface area contributed by atoms with Crippen LogP contribution in [0, 0.1) is 10.1 Å². The van der Waals surface area contributed by atoms with Gasteiger partial charge in [0.2, 0.25) is 0 Å². The first kappa shape index (κ1) is 13.1. The van der Waals surface area contributed by atoms with Gasteiger partial charge in [0.15, 0.2) is 5.75 Å². The van der Waals surface area contributed by atoms with Gasteiger partial charge in [0, 0.05) is 12.1 Å². The van der Waals surface area contributed by atoms with E-state index in [9.17, 15) is 10.1 Å². The Morgan fingerprint density at radius 1 is 1.25 bits per heavy atom. The fraction of sp³-hybridized carbons (Fsp3) is 0.400. The van der Waals surface area contributed by atoms with E-state index in [4.69, 9.17) is 27.9 Å². The van der Waals surface area contributed by atoms with Crippen LogP contribution in [0.1, 0.15) is 20.8 Å². The maximum atomic E-state index is 10.5. The first-order chi connectivity index (χ1) is 7.20. The van der Waals surface area contributed by atoms with Gasteiger partial charge in [-0.15, -0.1) is 0 Å². The molecule has 0 amide bonds. The minimum Gasteiger partial charge on any atom is -0.485 e. The highest BCUT2D eigenvalue weighted by atomic mass is 35.5. The second kappa shape index (κ2) is 4.47. The molecule has 0 radical (unpaired) electrons. The zero-order valence-electron chi connectivity index (χ0n) is 9.08. The monoisotopic (exact) mass is 263 g/mol. The number of benzene rings is 1. The Bertz CT molecular complexity index is 404. The van der Waals surface area contributed by atoms with E-state index in [2.05, 4.69) is 0 Å². The summed E-state index contributed by atoms with van der Waals surface area (Å²) in [7, 11) is 0. The van der Waals surface area contributed by atoms with Gasteiger partial charge in [-0.25, -0.2) is 0 Å². The maximum absolute atomic E-state index is 10.5. The van der Waals surface area contributed by atoms with Gasteiger partial charge in [-0.05, 0) is 20.8 Å². The smallest absolute Gasteiger partial charge is 0.272 e. The average Bonchev–Trinajstić information content (AvgIpc) is 2.09. The van der Waals surface area contributed by atoms with Gasteiger partial charge in [0.05, 0.1) is 15.0 Å². The van der Waals surface area contributed by atoms with Crippen LogP contribution in [0.5, 0.6) is 5.75 Å². The lowest BCUT2D eigenvalue weighted by molar-refractivity contribution is -0.384. The Morgan fingerprint density at radius 2 is 1.69 bits per heavy atom. The third kappa shape index (κ3) is 3.25. The predicted molar refractivity (Wildman–Crippen MR) is 63.5 cm³/mol. The Labute approximate surface area is 103 Å². The molecular formula is C10H11Cl2NO3. The van der Waals surface area contributed by atoms with Gasteiger partial charge in [0.1, 0.15) is 5.60 Å². The summed E-state index contributed by atoms with van der Waals surface area (Å²) in [5.41, 5.74) is -0.625. The molecule has 1 aromatic carbocycles. The average molecular weight is 264 g/mol. The topological polar surface area (TPSA) is 52.4 Å². The van der Waals surface area contributed by atoms with Crippen molar-refractivity contribution in [2.75, 3.05) is 0 Å². The lowest BCUT2D eigenvalue weighted by Gasteiger charge is -2.22. The van der Waals surface area contributed by atoms with Crippen LogP contribution in [0.3, 0.4) is 0 Å². The highest BCUT2D eigenvalue weighted by molar-refractivity contribution is 6.37. The minimum atomic E-state index is -0.557. The molecule has 0 fully saturated rings. The molecule has 0 spiro atoms. The third-order valence-corrected chi connectivity index (χ3v) is 2.16. The lowest BCUT2D eigenvalue weighted by atomic mass is 10.2. The molecule has 0 saturated heterocycles. The molecule has 0 heterocycles. The summed E-state index contributed by atoms with van der Waals surface area (Å²) >= 11 is 11.7. The van der Waals surface area contributed by atoms with Gasteiger partial charge in [0.25, 0.3) is 5.69 Å². The van der Waals surface area contributed by atoms with Crippen molar-refractivity contribution < 1.29 is 9.66 Å². The molecule has 4 nitrogen and oxygen atoms in total. The summed E-state index contributed by atoms with van der Waals surface area (Å²) in [6.07, 6.45) is 0. The molecule has 0 aromatic heterocycles. The Hall–Kier alpha value is -1.00. The van der Waals surface area contributed by atoms with Crippen molar-refractivity contribution in [1.29, 1.82) is 0 Å². The molecule has 0 aliphatic carbocycles. The molecule has 0 aliphatic heterocycles. The number of halogens is 2. The standard InChI is InChI=1S/C10H11Cl2NO3/c1-10(2,3)16-9-7(11)4-6(13(14)15)5-8(9)12/h4-5H,1-3H3. The van der Waals surface area contributed by atoms with E-state index in [1.54, 1.807) is 0 Å². The number of nitro benzene ring substituents is 1. The number of rotatable bonds is 2. The summed E-state index contributed by atoms with van der Waals surface area (Å²) in [4.78, 5) is 9.99. The van der Waals surface area contributed by atoms with E-state index in [0.29, 0.717) is 0 Å². The van der Waals surface area contributed by atoms with E-state index in [1.807, 2.05) is 20.8 Å². The summed E-state index contributed by atoms with van der Waals surface area (Å²) in [5.74, 6) is 0.265. The third-order valence-electron chi connectivity index (χ3n) is 1.60. The van der Waals surface area contributed by atoms with Crippen molar-refractivity contribution in [3.8, 4) is 5.75 Å². The molecule has 0 bridgehead atoms. The van der Waals surface area contributed by atoms with Crippen molar-refractivity contribution >= 4 is 28.9 Å². The molecule has 0 aliphatic rings. The van der Waals surface area contributed by atoms with Crippen molar-refractivity contribution in [1.82, 2.24) is 0 Å². The number of ether oxygens (including phenoxy) is 1. The van der Waals surface area contributed by atoms with E-state index in [1.165, 1.54) is 12.1 Å². The highest BCUT2D eigenvalue weighted by Gasteiger charge is 2.20. The van der Waals surface area contributed by atoms with Crippen LogP contribution in [0.25, 0.3) is 0 Å². The molecule has 1 aromatic rings. The molecule has 0 N–H and O–H groups in total. The van der Waals surface area contributed by atoms with E-state index < -0.39 is 10.5 Å². The van der Waals surface area contributed by atoms with Gasteiger partial charge >= 0.3 is 0 Å². The zero-order valence-corrected chi connectivity index (χ0v) is 10.6. The lowest BCUT2D eigenvalue weighted by Crippen LogP contribution is -2.23. The quantitative estimate of drug-likeness (QED) is 0.597. The van der Waals surface area contributed by atoms with Crippen LogP contribution in [0.2, 0.25) is 10.0 Å². The van der Waals surface area contributed by atoms with Gasteiger partial charge in [-0.2, -0.15) is 0 Å². The van der Waals surface area contributed by atoms with Crippen molar-refractivity contribution in [3.05, 3.63) is 32.3 Å². The normalized spacial score (nSPS) is 11.3. The zero-order chi connectivity index (χ0) is 12.5. The molecule has 1 rings (SSSR count). The fourth-order valence-corrected chi connectivity index (χ4v) is 1.61. The molecule has 16 heavy (non-hydrogen) atoms. The number of non-ortho nitro benzene ring substituents is 1. The van der Waals surface area contributed by atoms with Crippen LogP contribution in [-0.2, 0) is 0 Å². The maximum Gasteiger partial charge on any atom is 0.272 e. The van der Waals surface area contributed by atoms with Gasteiger partial charge < -0.3 is 4.74 Å². The SMILES string of the molecule is CC(C)(C)Oc1c(Cl)cc([N+](=O)[O-])cc1Cl. The molecular weight excluding hydrogens is 253 g/mol.